The van der Waals surface area contributed by atoms with E-state index in [4.69, 9.17) is 4.99 Å². The van der Waals surface area contributed by atoms with Gasteiger partial charge in [0.2, 0.25) is 0 Å². The van der Waals surface area contributed by atoms with Gasteiger partial charge in [0.1, 0.15) is 11.2 Å². The number of nitrogens with zero attached hydrogens (tertiary/aromatic N) is 2. The van der Waals surface area contributed by atoms with Gasteiger partial charge in [-0.1, -0.05) is 0 Å². The molecule has 0 spiro atoms. The molecule has 2 atom stereocenters. The van der Waals surface area contributed by atoms with E-state index in [1.165, 1.54) is 50.8 Å². The van der Waals surface area contributed by atoms with Crippen LogP contribution in [0, 0.1) is 5.92 Å². The van der Waals surface area contributed by atoms with E-state index < -0.39 is 0 Å². The SMILES string of the molecule is CNC1CCC(N=C2NC=NC3SC4=C(CCC4)C23)CC1. The van der Waals surface area contributed by atoms with Gasteiger partial charge in [-0.3, -0.25) is 9.98 Å². The highest BCUT2D eigenvalue weighted by Crippen LogP contribution is 2.51. The highest BCUT2D eigenvalue weighted by molar-refractivity contribution is 8.04. The molecule has 4 aliphatic rings. The number of aliphatic imine (C=N–C) groups is 2. The molecule has 114 valence electrons. The van der Waals surface area contributed by atoms with E-state index in [0.29, 0.717) is 23.4 Å². The van der Waals surface area contributed by atoms with Crippen molar-refractivity contribution in [3.63, 3.8) is 0 Å². The summed E-state index contributed by atoms with van der Waals surface area (Å²) < 4.78 is 0. The van der Waals surface area contributed by atoms with Crippen molar-refractivity contribution in [2.75, 3.05) is 7.05 Å². The topological polar surface area (TPSA) is 48.8 Å². The predicted octanol–water partition coefficient (Wildman–Crippen LogP) is 2.67. The minimum Gasteiger partial charge on any atom is -0.335 e. The number of rotatable bonds is 2. The molecule has 2 heterocycles. The smallest absolute Gasteiger partial charge is 0.115 e. The molecule has 2 aliphatic heterocycles. The Bertz CT molecular complexity index is 502. The van der Waals surface area contributed by atoms with Crippen molar-refractivity contribution in [2.24, 2.45) is 15.9 Å². The third-order valence-electron chi connectivity index (χ3n) is 5.29. The molecule has 2 aliphatic carbocycles. The Morgan fingerprint density at radius 2 is 2.14 bits per heavy atom. The van der Waals surface area contributed by atoms with Crippen molar-refractivity contribution < 1.29 is 0 Å². The van der Waals surface area contributed by atoms with Crippen LogP contribution in [0.4, 0.5) is 0 Å². The maximum absolute atomic E-state index is 5.11. The molecule has 1 fully saturated rings. The molecule has 4 rings (SSSR count). The monoisotopic (exact) mass is 304 g/mol. The zero-order chi connectivity index (χ0) is 14.2. The first-order chi connectivity index (χ1) is 10.3. The van der Waals surface area contributed by atoms with Crippen LogP contribution in [0.15, 0.2) is 20.5 Å². The molecule has 0 aromatic rings. The molecular weight excluding hydrogens is 280 g/mol. The second-order valence-electron chi connectivity index (χ2n) is 6.52. The van der Waals surface area contributed by atoms with Crippen molar-refractivity contribution in [3.05, 3.63) is 10.5 Å². The van der Waals surface area contributed by atoms with E-state index >= 15 is 0 Å². The number of thioether (sulfide) groups is 1. The van der Waals surface area contributed by atoms with Crippen LogP contribution in [0.1, 0.15) is 44.9 Å². The average Bonchev–Trinajstić information content (AvgIpc) is 3.09. The summed E-state index contributed by atoms with van der Waals surface area (Å²) >= 11 is 1.99. The van der Waals surface area contributed by atoms with E-state index in [1.807, 2.05) is 18.1 Å². The fourth-order valence-corrected chi connectivity index (χ4v) is 5.56. The fraction of sp³-hybridized carbons (Fsp3) is 0.750. The summed E-state index contributed by atoms with van der Waals surface area (Å²) in [5.74, 6) is 1.64. The van der Waals surface area contributed by atoms with Gasteiger partial charge < -0.3 is 10.6 Å². The van der Waals surface area contributed by atoms with Gasteiger partial charge in [-0.25, -0.2) is 0 Å². The van der Waals surface area contributed by atoms with Crippen molar-refractivity contribution in [1.82, 2.24) is 10.6 Å². The molecule has 2 unspecified atom stereocenters. The molecule has 0 radical (unpaired) electrons. The lowest BCUT2D eigenvalue weighted by Crippen LogP contribution is -2.41. The minimum atomic E-state index is 0.365. The third-order valence-corrected chi connectivity index (χ3v) is 6.67. The van der Waals surface area contributed by atoms with Crippen LogP contribution in [0.2, 0.25) is 0 Å². The summed E-state index contributed by atoms with van der Waals surface area (Å²) in [7, 11) is 2.07. The number of hydrogen-bond donors (Lipinski definition) is 2. The molecule has 5 heteroatoms. The first kappa shape index (κ1) is 13.8. The Balaban J connectivity index is 1.52. The Labute approximate surface area is 131 Å². The summed E-state index contributed by atoms with van der Waals surface area (Å²) in [4.78, 5) is 11.4. The van der Waals surface area contributed by atoms with Crippen molar-refractivity contribution in [2.45, 2.75) is 62.4 Å². The number of fused-ring (bicyclic) bond motifs is 2. The van der Waals surface area contributed by atoms with E-state index in [9.17, 15) is 0 Å². The lowest BCUT2D eigenvalue weighted by Gasteiger charge is -2.29. The van der Waals surface area contributed by atoms with Gasteiger partial charge in [0.05, 0.1) is 18.3 Å². The molecule has 0 saturated heterocycles. The first-order valence-corrected chi connectivity index (χ1v) is 9.15. The van der Waals surface area contributed by atoms with E-state index in [-0.39, 0.29) is 0 Å². The molecule has 0 amide bonds. The highest BCUT2D eigenvalue weighted by Gasteiger charge is 2.42. The van der Waals surface area contributed by atoms with Gasteiger partial charge in [-0.2, -0.15) is 0 Å². The standard InChI is InChI=1S/C16H24N4S/c1-17-10-5-7-11(8-6-10)20-15-14-12-3-2-4-13(12)21-16(14)19-9-18-15/h9-11,14,16-17H,2-8H2,1H3,(H,18,19,20). The van der Waals surface area contributed by atoms with Gasteiger partial charge >= 0.3 is 0 Å². The van der Waals surface area contributed by atoms with Crippen LogP contribution in [0.25, 0.3) is 0 Å². The fourth-order valence-electron chi connectivity index (χ4n) is 4.08. The van der Waals surface area contributed by atoms with Gasteiger partial charge in [-0.05, 0) is 62.5 Å². The minimum absolute atomic E-state index is 0.365. The van der Waals surface area contributed by atoms with Crippen LogP contribution in [0.3, 0.4) is 0 Å². The zero-order valence-electron chi connectivity index (χ0n) is 12.6. The molecule has 0 aromatic carbocycles. The maximum atomic E-state index is 5.11. The average molecular weight is 304 g/mol. The van der Waals surface area contributed by atoms with Crippen LogP contribution in [-0.2, 0) is 0 Å². The second-order valence-corrected chi connectivity index (χ2v) is 7.73. The van der Waals surface area contributed by atoms with Crippen LogP contribution >= 0.6 is 11.8 Å². The van der Waals surface area contributed by atoms with E-state index in [1.54, 1.807) is 10.5 Å². The highest BCUT2D eigenvalue weighted by atomic mass is 32.2. The van der Waals surface area contributed by atoms with E-state index in [2.05, 4.69) is 22.7 Å². The summed E-state index contributed by atoms with van der Waals surface area (Å²) in [6.45, 7) is 0. The largest absolute Gasteiger partial charge is 0.335 e. The molecule has 0 aromatic heterocycles. The van der Waals surface area contributed by atoms with E-state index in [0.717, 1.165) is 0 Å². The number of nitrogens with one attached hydrogen (secondary N) is 2. The first-order valence-electron chi connectivity index (χ1n) is 8.27. The Kier molecular flexibility index (Phi) is 3.79. The lowest BCUT2D eigenvalue weighted by molar-refractivity contribution is 0.359. The zero-order valence-corrected chi connectivity index (χ0v) is 13.5. The summed E-state index contributed by atoms with van der Waals surface area (Å²) in [5.41, 5.74) is 1.64. The van der Waals surface area contributed by atoms with Crippen LogP contribution in [-0.4, -0.2) is 36.7 Å². The van der Waals surface area contributed by atoms with Crippen LogP contribution < -0.4 is 10.6 Å². The quantitative estimate of drug-likeness (QED) is 0.824. The van der Waals surface area contributed by atoms with Gasteiger partial charge in [0.25, 0.3) is 0 Å². The van der Waals surface area contributed by atoms with Crippen LogP contribution in [0.5, 0.6) is 0 Å². The summed E-state index contributed by atoms with van der Waals surface area (Å²) in [5, 5.41) is 7.13. The Morgan fingerprint density at radius 3 is 2.95 bits per heavy atom. The van der Waals surface area contributed by atoms with Gasteiger partial charge in [0.15, 0.2) is 0 Å². The second kappa shape index (κ2) is 5.76. The lowest BCUT2D eigenvalue weighted by atomic mass is 9.91. The maximum Gasteiger partial charge on any atom is 0.115 e. The predicted molar refractivity (Wildman–Crippen MR) is 89.9 cm³/mol. The van der Waals surface area contributed by atoms with Gasteiger partial charge in [0, 0.05) is 6.04 Å². The van der Waals surface area contributed by atoms with Crippen molar-refractivity contribution >= 4 is 23.9 Å². The van der Waals surface area contributed by atoms with Crippen molar-refractivity contribution in [1.29, 1.82) is 0 Å². The Hall–Kier alpha value is -0.810. The molecule has 4 nitrogen and oxygen atoms in total. The Morgan fingerprint density at radius 1 is 1.29 bits per heavy atom. The number of hydrogen-bond acceptors (Lipinski definition) is 4. The molecule has 21 heavy (non-hydrogen) atoms. The molecular formula is C16H24N4S. The van der Waals surface area contributed by atoms with Gasteiger partial charge in [-0.15, -0.1) is 11.8 Å². The molecule has 2 N–H and O–H groups in total. The third kappa shape index (κ3) is 2.55. The van der Waals surface area contributed by atoms with Crippen molar-refractivity contribution in [3.8, 4) is 0 Å². The normalized spacial score (nSPS) is 40.3. The number of amidine groups is 1. The summed E-state index contributed by atoms with van der Waals surface area (Å²) in [6, 6.07) is 1.20. The summed E-state index contributed by atoms with van der Waals surface area (Å²) in [6.07, 6.45) is 10.6. The number of allylic oxidation sites excluding steroid dienone is 1. The molecule has 0 bridgehead atoms. The molecule has 1 saturated carbocycles.